The molecule has 6 heteroatoms. The molecular formula is C19H17Cl2NO3. The molecule has 0 radical (unpaired) electrons. The largest absolute Gasteiger partial charge is 0.426 e. The smallest absolute Gasteiger partial charge is 0.316 e. The standard InChI is InChI=1S/C19H17Cl2NO3/c1-2-12-6-8-14(9-7-12)25-19(24)13-10-17(23)22(11-13)16-5-3-4-15(20)18(16)21/h3-9,13H,2,10-11H2,1H3/t13-/m1/s1. The van der Waals surface area contributed by atoms with Crippen molar-refractivity contribution in [2.45, 2.75) is 19.8 Å². The third kappa shape index (κ3) is 3.80. The van der Waals surface area contributed by atoms with Crippen molar-refractivity contribution in [2.75, 3.05) is 11.4 Å². The molecule has 1 fully saturated rings. The maximum Gasteiger partial charge on any atom is 0.316 e. The lowest BCUT2D eigenvalue weighted by Crippen LogP contribution is -2.27. The second-order valence-corrected chi connectivity index (χ2v) is 6.68. The summed E-state index contributed by atoms with van der Waals surface area (Å²) >= 11 is 12.2. The summed E-state index contributed by atoms with van der Waals surface area (Å²) in [5.41, 5.74) is 1.68. The highest BCUT2D eigenvalue weighted by atomic mass is 35.5. The van der Waals surface area contributed by atoms with Crippen molar-refractivity contribution in [3.63, 3.8) is 0 Å². The fourth-order valence-electron chi connectivity index (χ4n) is 2.79. The molecule has 0 unspecified atom stereocenters. The van der Waals surface area contributed by atoms with Crippen LogP contribution in [0.5, 0.6) is 5.75 Å². The van der Waals surface area contributed by atoms with E-state index in [1.54, 1.807) is 30.3 Å². The average Bonchev–Trinajstić information content (AvgIpc) is 3.00. The van der Waals surface area contributed by atoms with Crippen LogP contribution in [0.15, 0.2) is 42.5 Å². The van der Waals surface area contributed by atoms with Crippen LogP contribution in [0.4, 0.5) is 5.69 Å². The fourth-order valence-corrected chi connectivity index (χ4v) is 3.19. The van der Waals surface area contributed by atoms with Crippen LogP contribution in [0.25, 0.3) is 0 Å². The van der Waals surface area contributed by atoms with E-state index in [4.69, 9.17) is 27.9 Å². The molecule has 0 aliphatic carbocycles. The van der Waals surface area contributed by atoms with Crippen LogP contribution in [-0.4, -0.2) is 18.4 Å². The number of ether oxygens (including phenoxy) is 1. The molecule has 0 spiro atoms. The number of rotatable bonds is 4. The first-order valence-corrected chi connectivity index (χ1v) is 8.80. The molecule has 4 nitrogen and oxygen atoms in total. The van der Waals surface area contributed by atoms with Gasteiger partial charge in [-0.2, -0.15) is 0 Å². The maximum atomic E-state index is 12.4. The highest BCUT2D eigenvalue weighted by Gasteiger charge is 2.37. The van der Waals surface area contributed by atoms with Crippen molar-refractivity contribution in [2.24, 2.45) is 5.92 Å². The lowest BCUT2D eigenvalue weighted by atomic mass is 10.1. The number of hydrogen-bond acceptors (Lipinski definition) is 3. The fraction of sp³-hybridized carbons (Fsp3) is 0.263. The van der Waals surface area contributed by atoms with E-state index < -0.39 is 11.9 Å². The van der Waals surface area contributed by atoms with Gasteiger partial charge >= 0.3 is 5.97 Å². The van der Waals surface area contributed by atoms with Crippen molar-refractivity contribution in [1.29, 1.82) is 0 Å². The number of carbonyl (C=O) groups is 2. The summed E-state index contributed by atoms with van der Waals surface area (Å²) < 4.78 is 5.41. The summed E-state index contributed by atoms with van der Waals surface area (Å²) in [7, 11) is 0. The summed E-state index contributed by atoms with van der Waals surface area (Å²) in [6, 6.07) is 12.4. The Labute approximate surface area is 156 Å². The minimum Gasteiger partial charge on any atom is -0.426 e. The molecule has 1 amide bonds. The van der Waals surface area contributed by atoms with Gasteiger partial charge in [0.25, 0.3) is 0 Å². The highest BCUT2D eigenvalue weighted by molar-refractivity contribution is 6.44. The topological polar surface area (TPSA) is 46.6 Å². The maximum absolute atomic E-state index is 12.4. The number of carbonyl (C=O) groups excluding carboxylic acids is 2. The van der Waals surface area contributed by atoms with E-state index in [2.05, 4.69) is 6.92 Å². The lowest BCUT2D eigenvalue weighted by Gasteiger charge is -2.18. The van der Waals surface area contributed by atoms with Crippen LogP contribution in [0.1, 0.15) is 18.9 Å². The van der Waals surface area contributed by atoms with Gasteiger partial charge in [-0.1, -0.05) is 48.3 Å². The van der Waals surface area contributed by atoms with Crippen LogP contribution in [0.2, 0.25) is 10.0 Å². The number of esters is 1. The SMILES string of the molecule is CCc1ccc(OC(=O)[C@@H]2CC(=O)N(c3cccc(Cl)c3Cl)C2)cc1. The van der Waals surface area contributed by atoms with Crippen LogP contribution in [0, 0.1) is 5.92 Å². The molecule has 130 valence electrons. The summed E-state index contributed by atoms with van der Waals surface area (Å²) in [5.74, 6) is -0.645. The molecule has 2 aromatic rings. The van der Waals surface area contributed by atoms with Gasteiger partial charge in [0.05, 0.1) is 21.7 Å². The number of anilines is 1. The van der Waals surface area contributed by atoms with Crippen molar-refractivity contribution in [3.05, 3.63) is 58.1 Å². The van der Waals surface area contributed by atoms with E-state index in [0.717, 1.165) is 12.0 Å². The molecule has 1 aliphatic rings. The molecule has 0 N–H and O–H groups in total. The van der Waals surface area contributed by atoms with E-state index in [9.17, 15) is 9.59 Å². The normalized spacial score (nSPS) is 17.0. The van der Waals surface area contributed by atoms with E-state index in [-0.39, 0.29) is 18.9 Å². The number of nitrogens with zero attached hydrogens (tertiary/aromatic N) is 1. The molecule has 0 bridgehead atoms. The Morgan fingerprint density at radius 1 is 1.20 bits per heavy atom. The quantitative estimate of drug-likeness (QED) is 0.581. The number of hydrogen-bond donors (Lipinski definition) is 0. The average molecular weight is 378 g/mol. The minimum absolute atomic E-state index is 0.0920. The van der Waals surface area contributed by atoms with Crippen molar-refractivity contribution in [3.8, 4) is 5.75 Å². The van der Waals surface area contributed by atoms with Gasteiger partial charge in [0, 0.05) is 13.0 Å². The van der Waals surface area contributed by atoms with Gasteiger partial charge in [-0.05, 0) is 36.2 Å². The zero-order chi connectivity index (χ0) is 18.0. The van der Waals surface area contributed by atoms with Crippen LogP contribution < -0.4 is 9.64 Å². The molecule has 0 saturated carbocycles. The Morgan fingerprint density at radius 3 is 2.60 bits per heavy atom. The van der Waals surface area contributed by atoms with E-state index in [1.807, 2.05) is 12.1 Å². The third-order valence-electron chi connectivity index (χ3n) is 4.23. The molecule has 2 aromatic carbocycles. The Kier molecular flexibility index (Phi) is 5.30. The zero-order valence-electron chi connectivity index (χ0n) is 13.7. The van der Waals surface area contributed by atoms with Crippen molar-refractivity contribution in [1.82, 2.24) is 0 Å². The first kappa shape index (κ1) is 17.8. The summed E-state index contributed by atoms with van der Waals surface area (Å²) in [6.45, 7) is 2.28. The van der Waals surface area contributed by atoms with Gasteiger partial charge in [-0.25, -0.2) is 0 Å². The first-order chi connectivity index (χ1) is 12.0. The molecule has 0 aromatic heterocycles. The molecule has 1 saturated heterocycles. The number of benzene rings is 2. The molecule has 1 atom stereocenters. The van der Waals surface area contributed by atoms with Gasteiger partial charge < -0.3 is 9.64 Å². The second kappa shape index (κ2) is 7.46. The van der Waals surface area contributed by atoms with E-state index >= 15 is 0 Å². The van der Waals surface area contributed by atoms with Crippen molar-refractivity contribution < 1.29 is 14.3 Å². The molecule has 3 rings (SSSR count). The minimum atomic E-state index is -0.534. The molecule has 25 heavy (non-hydrogen) atoms. The molecule has 1 aliphatic heterocycles. The molecular weight excluding hydrogens is 361 g/mol. The predicted molar refractivity (Wildman–Crippen MR) is 98.4 cm³/mol. The summed E-state index contributed by atoms with van der Waals surface area (Å²) in [6.07, 6.45) is 1.01. The van der Waals surface area contributed by atoms with Crippen molar-refractivity contribution >= 4 is 40.8 Å². The Balaban J connectivity index is 1.71. The van der Waals surface area contributed by atoms with Gasteiger partial charge in [0.1, 0.15) is 5.75 Å². The first-order valence-electron chi connectivity index (χ1n) is 8.04. The number of halogens is 2. The predicted octanol–water partition coefficient (Wildman–Crippen LogP) is 4.51. The third-order valence-corrected chi connectivity index (χ3v) is 5.04. The van der Waals surface area contributed by atoms with Crippen LogP contribution in [-0.2, 0) is 16.0 Å². The van der Waals surface area contributed by atoms with Gasteiger partial charge in [-0.15, -0.1) is 0 Å². The van der Waals surface area contributed by atoms with E-state index in [0.29, 0.717) is 21.5 Å². The Morgan fingerprint density at radius 2 is 1.92 bits per heavy atom. The summed E-state index contributed by atoms with van der Waals surface area (Å²) in [4.78, 5) is 26.2. The highest BCUT2D eigenvalue weighted by Crippen LogP contribution is 2.36. The van der Waals surface area contributed by atoms with E-state index in [1.165, 1.54) is 4.90 Å². The summed E-state index contributed by atoms with van der Waals surface area (Å²) in [5, 5.41) is 0.677. The van der Waals surface area contributed by atoms with Gasteiger partial charge in [0.15, 0.2) is 0 Å². The zero-order valence-corrected chi connectivity index (χ0v) is 15.2. The lowest BCUT2D eigenvalue weighted by molar-refractivity contribution is -0.139. The second-order valence-electron chi connectivity index (χ2n) is 5.90. The van der Waals surface area contributed by atoms with Gasteiger partial charge in [0.2, 0.25) is 5.91 Å². The number of amides is 1. The Hall–Kier alpha value is -2.04. The van der Waals surface area contributed by atoms with Crippen LogP contribution in [0.3, 0.4) is 0 Å². The monoisotopic (exact) mass is 377 g/mol. The number of aryl methyl sites for hydroxylation is 1. The van der Waals surface area contributed by atoms with Gasteiger partial charge in [-0.3, -0.25) is 9.59 Å². The van der Waals surface area contributed by atoms with Crippen LogP contribution >= 0.6 is 23.2 Å². The Bertz CT molecular complexity index is 805. The molecule has 1 heterocycles.